The van der Waals surface area contributed by atoms with E-state index in [-0.39, 0.29) is 27.3 Å². The first kappa shape index (κ1) is 18.3. The van der Waals surface area contributed by atoms with Gasteiger partial charge in [-0.25, -0.2) is 13.2 Å². The van der Waals surface area contributed by atoms with Gasteiger partial charge in [0.05, 0.1) is 27.3 Å². The van der Waals surface area contributed by atoms with Crippen molar-refractivity contribution < 1.29 is 17.9 Å². The lowest BCUT2D eigenvalue weighted by Crippen LogP contribution is -2.15. The fourth-order valence-corrected chi connectivity index (χ4v) is 3.23. The van der Waals surface area contributed by atoms with Crippen LogP contribution in [0.5, 0.6) is 0 Å². The summed E-state index contributed by atoms with van der Waals surface area (Å²) in [6, 6.07) is 10.7. The molecule has 0 heterocycles. The predicted molar refractivity (Wildman–Crippen MR) is 94.0 cm³/mol. The Morgan fingerprint density at radius 1 is 1.12 bits per heavy atom. The van der Waals surface area contributed by atoms with Crippen molar-refractivity contribution in [3.63, 3.8) is 0 Å². The fraction of sp³-hybridized carbons (Fsp3) is 0.235. The number of esters is 1. The Kier molecular flexibility index (Phi) is 5.51. The molecule has 0 aliphatic rings. The summed E-state index contributed by atoms with van der Waals surface area (Å²) in [7, 11) is -3.80. The molecule has 2 rings (SSSR count). The molecule has 0 aliphatic carbocycles. The van der Waals surface area contributed by atoms with E-state index in [1.165, 1.54) is 30.3 Å². The summed E-state index contributed by atoms with van der Waals surface area (Å²) < 4.78 is 32.4. The van der Waals surface area contributed by atoms with Crippen molar-refractivity contribution >= 4 is 33.3 Å². The second kappa shape index (κ2) is 7.23. The largest absolute Gasteiger partial charge is 0.459 e. The Morgan fingerprint density at radius 3 is 2.33 bits per heavy atom. The third kappa shape index (κ3) is 4.49. The van der Waals surface area contributed by atoms with Crippen LogP contribution in [-0.2, 0) is 14.8 Å². The van der Waals surface area contributed by atoms with Crippen LogP contribution in [0, 0.1) is 6.92 Å². The highest BCUT2D eigenvalue weighted by atomic mass is 35.5. The Bertz CT molecular complexity index is 845. The molecule has 0 saturated carbocycles. The molecule has 0 fully saturated rings. The molecule has 128 valence electrons. The Balaban J connectivity index is 2.31. The minimum absolute atomic E-state index is 0.110. The number of hydrogen-bond donors (Lipinski definition) is 1. The average molecular weight is 368 g/mol. The van der Waals surface area contributed by atoms with E-state index in [1.807, 2.05) is 6.92 Å². The van der Waals surface area contributed by atoms with E-state index in [9.17, 15) is 13.2 Å². The third-order valence-corrected chi connectivity index (χ3v) is 4.83. The Labute approximate surface area is 146 Å². The van der Waals surface area contributed by atoms with Gasteiger partial charge in [-0.3, -0.25) is 4.72 Å². The molecule has 2 aromatic carbocycles. The standard InChI is InChI=1S/C17H18ClNO4S/c1-11(2)23-17(20)13-6-9-15(18)16(10-13)19-24(21,22)14-7-4-12(3)5-8-14/h4-11,19H,1-3H3. The highest BCUT2D eigenvalue weighted by Gasteiger charge is 2.18. The van der Waals surface area contributed by atoms with Crippen molar-refractivity contribution in [1.82, 2.24) is 0 Å². The summed E-state index contributed by atoms with van der Waals surface area (Å²) in [6.45, 7) is 5.33. The topological polar surface area (TPSA) is 72.5 Å². The minimum Gasteiger partial charge on any atom is -0.459 e. The number of carbonyl (C=O) groups is 1. The highest BCUT2D eigenvalue weighted by molar-refractivity contribution is 7.92. The van der Waals surface area contributed by atoms with E-state index in [0.29, 0.717) is 0 Å². The number of rotatable bonds is 5. The highest BCUT2D eigenvalue weighted by Crippen LogP contribution is 2.26. The van der Waals surface area contributed by atoms with Crippen molar-refractivity contribution in [1.29, 1.82) is 0 Å². The van der Waals surface area contributed by atoms with Crippen LogP contribution in [0.15, 0.2) is 47.4 Å². The number of halogens is 1. The van der Waals surface area contributed by atoms with E-state index in [4.69, 9.17) is 16.3 Å². The first-order valence-corrected chi connectivity index (χ1v) is 9.15. The second-order valence-corrected chi connectivity index (χ2v) is 7.66. The zero-order valence-corrected chi connectivity index (χ0v) is 15.1. The number of hydrogen-bond acceptors (Lipinski definition) is 4. The van der Waals surface area contributed by atoms with Crippen LogP contribution in [-0.4, -0.2) is 20.5 Å². The van der Waals surface area contributed by atoms with E-state index in [2.05, 4.69) is 4.72 Å². The molecule has 0 atom stereocenters. The molecular formula is C17H18ClNO4S. The lowest BCUT2D eigenvalue weighted by atomic mass is 10.2. The van der Waals surface area contributed by atoms with E-state index in [0.717, 1.165) is 5.56 Å². The van der Waals surface area contributed by atoms with Gasteiger partial charge in [0, 0.05) is 0 Å². The summed E-state index contributed by atoms with van der Waals surface area (Å²) in [5, 5.41) is 0.187. The van der Waals surface area contributed by atoms with Gasteiger partial charge in [0.15, 0.2) is 0 Å². The molecule has 7 heteroatoms. The van der Waals surface area contributed by atoms with Gasteiger partial charge in [0.1, 0.15) is 0 Å². The number of ether oxygens (including phenoxy) is 1. The molecular weight excluding hydrogens is 350 g/mol. The van der Waals surface area contributed by atoms with Gasteiger partial charge < -0.3 is 4.74 Å². The lowest BCUT2D eigenvalue weighted by Gasteiger charge is -2.12. The zero-order chi connectivity index (χ0) is 17.9. The molecule has 0 bridgehead atoms. The number of aryl methyl sites for hydroxylation is 1. The normalized spacial score (nSPS) is 11.4. The fourth-order valence-electron chi connectivity index (χ4n) is 1.93. The number of nitrogens with one attached hydrogen (secondary N) is 1. The second-order valence-electron chi connectivity index (χ2n) is 5.57. The molecule has 0 unspecified atom stereocenters. The molecule has 0 aliphatic heterocycles. The molecule has 5 nitrogen and oxygen atoms in total. The lowest BCUT2D eigenvalue weighted by molar-refractivity contribution is 0.0378. The van der Waals surface area contributed by atoms with Crippen molar-refractivity contribution in [3.05, 3.63) is 58.6 Å². The zero-order valence-electron chi connectivity index (χ0n) is 13.5. The summed E-state index contributed by atoms with van der Waals surface area (Å²) in [5.74, 6) is -0.544. The van der Waals surface area contributed by atoms with Gasteiger partial charge in [0.2, 0.25) is 0 Å². The van der Waals surface area contributed by atoms with Crippen molar-refractivity contribution in [2.24, 2.45) is 0 Å². The van der Waals surface area contributed by atoms with Crippen LogP contribution in [0.25, 0.3) is 0 Å². The van der Waals surface area contributed by atoms with Gasteiger partial charge in [-0.15, -0.1) is 0 Å². The Morgan fingerprint density at radius 2 is 1.75 bits per heavy atom. The van der Waals surface area contributed by atoms with Crippen LogP contribution in [0.4, 0.5) is 5.69 Å². The molecule has 0 radical (unpaired) electrons. The van der Waals surface area contributed by atoms with Crippen molar-refractivity contribution in [2.45, 2.75) is 31.8 Å². The van der Waals surface area contributed by atoms with Crippen LogP contribution in [0.2, 0.25) is 5.02 Å². The predicted octanol–water partition coefficient (Wildman–Crippen LogP) is 4.01. The smallest absolute Gasteiger partial charge is 0.338 e. The quantitative estimate of drug-likeness (QED) is 0.810. The van der Waals surface area contributed by atoms with Gasteiger partial charge >= 0.3 is 5.97 Å². The van der Waals surface area contributed by atoms with Crippen molar-refractivity contribution in [3.8, 4) is 0 Å². The molecule has 2 aromatic rings. The summed E-state index contributed by atoms with van der Waals surface area (Å²) >= 11 is 6.05. The maximum Gasteiger partial charge on any atom is 0.338 e. The van der Waals surface area contributed by atoms with Gasteiger partial charge in [-0.2, -0.15) is 0 Å². The summed E-state index contributed by atoms with van der Waals surface area (Å²) in [4.78, 5) is 12.1. The molecule has 0 spiro atoms. The maximum absolute atomic E-state index is 12.4. The van der Waals surface area contributed by atoms with Crippen molar-refractivity contribution in [2.75, 3.05) is 4.72 Å². The number of sulfonamides is 1. The van der Waals surface area contributed by atoms with Crippen LogP contribution in [0.1, 0.15) is 29.8 Å². The number of benzene rings is 2. The first-order chi connectivity index (χ1) is 11.2. The third-order valence-electron chi connectivity index (χ3n) is 3.12. The summed E-state index contributed by atoms with van der Waals surface area (Å²) in [5.41, 5.74) is 1.29. The maximum atomic E-state index is 12.4. The van der Waals surface area contributed by atoms with E-state index < -0.39 is 16.0 Å². The molecule has 24 heavy (non-hydrogen) atoms. The molecule has 0 saturated heterocycles. The molecule has 0 aromatic heterocycles. The molecule has 0 amide bonds. The number of carbonyl (C=O) groups excluding carboxylic acids is 1. The van der Waals surface area contributed by atoms with Crippen LogP contribution < -0.4 is 4.72 Å². The van der Waals surface area contributed by atoms with Crippen LogP contribution in [0.3, 0.4) is 0 Å². The number of anilines is 1. The monoisotopic (exact) mass is 367 g/mol. The summed E-state index contributed by atoms with van der Waals surface area (Å²) in [6.07, 6.45) is -0.277. The Hall–Kier alpha value is -2.05. The van der Waals surface area contributed by atoms with Gasteiger partial charge in [0.25, 0.3) is 10.0 Å². The molecule has 1 N–H and O–H groups in total. The van der Waals surface area contributed by atoms with E-state index >= 15 is 0 Å². The average Bonchev–Trinajstić information content (AvgIpc) is 2.49. The van der Waals surface area contributed by atoms with Gasteiger partial charge in [-0.1, -0.05) is 29.3 Å². The van der Waals surface area contributed by atoms with Crippen LogP contribution >= 0.6 is 11.6 Å². The van der Waals surface area contributed by atoms with Gasteiger partial charge in [-0.05, 0) is 51.1 Å². The first-order valence-electron chi connectivity index (χ1n) is 7.29. The SMILES string of the molecule is Cc1ccc(S(=O)(=O)Nc2cc(C(=O)OC(C)C)ccc2Cl)cc1. The van der Waals surface area contributed by atoms with E-state index in [1.54, 1.807) is 26.0 Å². The minimum atomic E-state index is -3.80.